The van der Waals surface area contributed by atoms with Crippen molar-refractivity contribution in [2.24, 2.45) is 11.8 Å². The zero-order chi connectivity index (χ0) is 20.7. The molecule has 152 valence electrons. The van der Waals surface area contributed by atoms with Crippen LogP contribution in [0.15, 0.2) is 23.6 Å². The van der Waals surface area contributed by atoms with Crippen molar-refractivity contribution in [1.82, 2.24) is 9.88 Å². The molecule has 2 aromatic rings. The normalized spacial score (nSPS) is 22.5. The van der Waals surface area contributed by atoms with Crippen LogP contribution in [-0.4, -0.2) is 33.6 Å². The molecular weight excluding hydrogens is 433 g/mol. The van der Waals surface area contributed by atoms with Gasteiger partial charge < -0.3 is 5.32 Å². The average molecular weight is 452 g/mol. The van der Waals surface area contributed by atoms with E-state index in [1.807, 2.05) is 0 Å². The molecule has 4 rings (SSSR count). The molecular formula is C20H19Cl2N3O3S. The Labute approximate surface area is 182 Å². The quantitative estimate of drug-likeness (QED) is 0.687. The fourth-order valence-corrected chi connectivity index (χ4v) is 5.15. The van der Waals surface area contributed by atoms with Gasteiger partial charge in [0.25, 0.3) is 0 Å². The lowest BCUT2D eigenvalue weighted by Gasteiger charge is -2.21. The molecule has 3 unspecified atom stereocenters. The highest BCUT2D eigenvalue weighted by Gasteiger charge is 2.50. The van der Waals surface area contributed by atoms with Crippen LogP contribution >= 0.6 is 34.5 Å². The number of imide groups is 1. The van der Waals surface area contributed by atoms with Crippen LogP contribution in [-0.2, 0) is 14.4 Å². The summed E-state index contributed by atoms with van der Waals surface area (Å²) in [5.41, 5.74) is 1.25. The molecule has 0 spiro atoms. The van der Waals surface area contributed by atoms with Crippen LogP contribution in [0.5, 0.6) is 0 Å². The Bertz CT molecular complexity index is 969. The Morgan fingerprint density at radius 2 is 1.86 bits per heavy atom. The van der Waals surface area contributed by atoms with Crippen LogP contribution < -0.4 is 5.32 Å². The van der Waals surface area contributed by atoms with Gasteiger partial charge in [-0.3, -0.25) is 19.3 Å². The Morgan fingerprint density at radius 1 is 1.21 bits per heavy atom. The summed E-state index contributed by atoms with van der Waals surface area (Å²) in [5.74, 6) is -1.45. The van der Waals surface area contributed by atoms with Gasteiger partial charge in [0, 0.05) is 16.0 Å². The van der Waals surface area contributed by atoms with Gasteiger partial charge in [-0.25, -0.2) is 4.98 Å². The number of anilines is 1. The van der Waals surface area contributed by atoms with Crippen molar-refractivity contribution in [3.8, 4) is 11.3 Å². The summed E-state index contributed by atoms with van der Waals surface area (Å²) in [6, 6.07) is 4.19. The van der Waals surface area contributed by atoms with Gasteiger partial charge in [-0.2, -0.15) is 0 Å². The summed E-state index contributed by atoms with van der Waals surface area (Å²) in [5, 5.41) is 5.87. The molecule has 1 N–H and O–H groups in total. The minimum atomic E-state index is -0.886. The van der Waals surface area contributed by atoms with Gasteiger partial charge >= 0.3 is 0 Å². The average Bonchev–Trinajstić information content (AvgIpc) is 3.26. The van der Waals surface area contributed by atoms with Crippen molar-refractivity contribution in [3.63, 3.8) is 0 Å². The lowest BCUT2D eigenvalue weighted by Crippen LogP contribution is -2.46. The van der Waals surface area contributed by atoms with Crippen LogP contribution in [0.1, 0.15) is 32.6 Å². The summed E-state index contributed by atoms with van der Waals surface area (Å²) in [4.78, 5) is 43.6. The van der Waals surface area contributed by atoms with E-state index in [4.69, 9.17) is 23.2 Å². The molecule has 1 aromatic carbocycles. The molecule has 3 atom stereocenters. The predicted octanol–water partition coefficient (Wildman–Crippen LogP) is 4.62. The number of nitrogens with zero attached hydrogens (tertiary/aromatic N) is 2. The lowest BCUT2D eigenvalue weighted by atomic mass is 9.81. The third-order valence-corrected chi connectivity index (χ3v) is 6.90. The van der Waals surface area contributed by atoms with E-state index < -0.39 is 11.9 Å². The molecule has 0 bridgehead atoms. The minimum absolute atomic E-state index is 0.229. The van der Waals surface area contributed by atoms with E-state index in [9.17, 15) is 14.4 Å². The van der Waals surface area contributed by atoms with E-state index in [1.54, 1.807) is 30.5 Å². The monoisotopic (exact) mass is 451 g/mol. The number of rotatable bonds is 4. The molecule has 1 aromatic heterocycles. The van der Waals surface area contributed by atoms with Crippen LogP contribution in [0, 0.1) is 11.8 Å². The van der Waals surface area contributed by atoms with Gasteiger partial charge in [-0.15, -0.1) is 11.3 Å². The van der Waals surface area contributed by atoms with Gasteiger partial charge in [0.05, 0.1) is 22.6 Å². The fourth-order valence-electron chi connectivity index (χ4n) is 4.05. The zero-order valence-electron chi connectivity index (χ0n) is 15.7. The van der Waals surface area contributed by atoms with E-state index in [-0.39, 0.29) is 23.7 Å². The van der Waals surface area contributed by atoms with Crippen molar-refractivity contribution in [3.05, 3.63) is 33.6 Å². The van der Waals surface area contributed by atoms with Crippen LogP contribution in [0.3, 0.4) is 0 Å². The first-order chi connectivity index (χ1) is 13.9. The molecule has 9 heteroatoms. The van der Waals surface area contributed by atoms with Crippen molar-refractivity contribution in [2.75, 3.05) is 5.32 Å². The van der Waals surface area contributed by atoms with Crippen LogP contribution in [0.25, 0.3) is 11.3 Å². The highest BCUT2D eigenvalue weighted by atomic mass is 35.5. The first-order valence-corrected chi connectivity index (χ1v) is 11.1. The van der Waals surface area contributed by atoms with Gasteiger partial charge in [0.1, 0.15) is 6.04 Å². The predicted molar refractivity (Wildman–Crippen MR) is 113 cm³/mol. The number of carbonyl (C=O) groups is 3. The number of benzene rings is 1. The van der Waals surface area contributed by atoms with E-state index in [0.29, 0.717) is 26.4 Å². The molecule has 3 amide bonds. The van der Waals surface area contributed by atoms with E-state index in [1.165, 1.54) is 11.3 Å². The number of likely N-dealkylation sites (tertiary alicyclic amines) is 1. The molecule has 6 nitrogen and oxygen atoms in total. The Balaban J connectivity index is 1.48. The number of thiazole rings is 1. The summed E-state index contributed by atoms with van der Waals surface area (Å²) < 4.78 is 0. The largest absolute Gasteiger partial charge is 0.300 e. The molecule has 2 heterocycles. The SMILES string of the molecule is CC(C(=O)Nc1nc(-c2cc(Cl)ccc2Cl)cs1)N1C(=O)C2CCCCC2C1=O. The number of amides is 3. The highest BCUT2D eigenvalue weighted by Crippen LogP contribution is 2.39. The highest BCUT2D eigenvalue weighted by molar-refractivity contribution is 7.14. The number of fused-ring (bicyclic) bond motifs is 1. The number of nitrogens with one attached hydrogen (secondary N) is 1. The second-order valence-corrected chi connectivity index (χ2v) is 9.07. The number of aromatic nitrogens is 1. The minimum Gasteiger partial charge on any atom is -0.300 e. The fraction of sp³-hybridized carbons (Fsp3) is 0.400. The van der Waals surface area contributed by atoms with Crippen LogP contribution in [0.2, 0.25) is 10.0 Å². The maximum absolute atomic E-state index is 12.7. The summed E-state index contributed by atoms with van der Waals surface area (Å²) in [6.07, 6.45) is 3.33. The summed E-state index contributed by atoms with van der Waals surface area (Å²) >= 11 is 13.5. The second-order valence-electron chi connectivity index (χ2n) is 7.37. The molecule has 1 saturated heterocycles. The third kappa shape index (κ3) is 3.79. The maximum atomic E-state index is 12.7. The van der Waals surface area contributed by atoms with Crippen molar-refractivity contribution in [2.45, 2.75) is 38.6 Å². The summed E-state index contributed by atoms with van der Waals surface area (Å²) in [6.45, 7) is 1.57. The van der Waals surface area contributed by atoms with Crippen molar-refractivity contribution in [1.29, 1.82) is 0 Å². The Kier molecular flexibility index (Phi) is 5.64. The van der Waals surface area contributed by atoms with Crippen molar-refractivity contribution >= 4 is 57.4 Å². The molecule has 2 aliphatic rings. The number of hydrogen-bond acceptors (Lipinski definition) is 5. The standard InChI is InChI=1S/C20H19Cl2N3O3S/c1-10(25-18(27)12-4-2-3-5-13(12)19(25)28)17(26)24-20-23-16(9-29-20)14-8-11(21)6-7-15(14)22/h6-10,12-13H,2-5H2,1H3,(H,23,24,26). The first-order valence-electron chi connectivity index (χ1n) is 9.45. The van der Waals surface area contributed by atoms with Crippen molar-refractivity contribution < 1.29 is 14.4 Å². The first kappa shape index (κ1) is 20.3. The van der Waals surface area contributed by atoms with Gasteiger partial charge in [-0.1, -0.05) is 36.0 Å². The smallest absolute Gasteiger partial charge is 0.249 e. The van der Waals surface area contributed by atoms with E-state index in [0.717, 1.165) is 30.6 Å². The zero-order valence-corrected chi connectivity index (χ0v) is 18.0. The molecule has 1 saturated carbocycles. The van der Waals surface area contributed by atoms with Gasteiger partial charge in [0.15, 0.2) is 5.13 Å². The lowest BCUT2D eigenvalue weighted by molar-refractivity contribution is -0.146. The Morgan fingerprint density at radius 3 is 2.52 bits per heavy atom. The summed E-state index contributed by atoms with van der Waals surface area (Å²) in [7, 11) is 0. The molecule has 1 aliphatic carbocycles. The molecule has 1 aliphatic heterocycles. The van der Waals surface area contributed by atoms with E-state index >= 15 is 0 Å². The van der Waals surface area contributed by atoms with Gasteiger partial charge in [-0.05, 0) is 38.0 Å². The van der Waals surface area contributed by atoms with Crippen LogP contribution in [0.4, 0.5) is 5.13 Å². The maximum Gasteiger partial charge on any atom is 0.249 e. The third-order valence-electron chi connectivity index (χ3n) is 5.58. The Hall–Kier alpha value is -1.96. The molecule has 2 fully saturated rings. The van der Waals surface area contributed by atoms with Gasteiger partial charge in [0.2, 0.25) is 17.7 Å². The molecule has 29 heavy (non-hydrogen) atoms. The van der Waals surface area contributed by atoms with E-state index in [2.05, 4.69) is 10.3 Å². The topological polar surface area (TPSA) is 79.4 Å². The number of carbonyl (C=O) groups excluding carboxylic acids is 3. The molecule has 0 radical (unpaired) electrons. The number of hydrogen-bond donors (Lipinski definition) is 1. The second kappa shape index (κ2) is 8.05. The number of halogens is 2.